The van der Waals surface area contributed by atoms with Crippen molar-refractivity contribution in [2.45, 2.75) is 39.5 Å². The van der Waals surface area contributed by atoms with Crippen molar-refractivity contribution in [3.05, 3.63) is 76.7 Å². The molecule has 0 aliphatic carbocycles. The van der Waals surface area contributed by atoms with E-state index in [4.69, 9.17) is 13.9 Å². The lowest BCUT2D eigenvalue weighted by molar-refractivity contribution is 0.0994. The van der Waals surface area contributed by atoms with Crippen LogP contribution in [0.3, 0.4) is 0 Å². The number of furan rings is 1. The number of hydrogen-bond acceptors (Lipinski definition) is 4. The zero-order valence-electron chi connectivity index (χ0n) is 18.5. The summed E-state index contributed by atoms with van der Waals surface area (Å²) in [6.45, 7) is 8.68. The molecule has 5 nitrogen and oxygen atoms in total. The van der Waals surface area contributed by atoms with Gasteiger partial charge >= 0.3 is 0 Å². The molecular formula is C25H29NO4. The number of methoxy groups -OCH3 is 2. The van der Waals surface area contributed by atoms with Gasteiger partial charge in [-0.05, 0) is 53.3 Å². The molecule has 1 heterocycles. The molecule has 1 amide bonds. The topological polar surface area (TPSA) is 60.7 Å². The van der Waals surface area contributed by atoms with Gasteiger partial charge in [-0.2, -0.15) is 0 Å². The first kappa shape index (κ1) is 21.5. The smallest absolute Gasteiger partial charge is 0.291 e. The first-order chi connectivity index (χ1) is 14.2. The molecule has 2 aromatic carbocycles. The van der Waals surface area contributed by atoms with E-state index in [-0.39, 0.29) is 17.1 Å². The Bertz CT molecular complexity index is 1020. The molecule has 0 saturated carbocycles. The zero-order chi connectivity index (χ0) is 21.9. The predicted molar refractivity (Wildman–Crippen MR) is 119 cm³/mol. The minimum Gasteiger partial charge on any atom is -0.494 e. The maximum atomic E-state index is 12.8. The molecule has 0 unspecified atom stereocenters. The standard InChI is InChI=1S/C25H29NO4/c1-16-10-11-18(25(2,3)4)14-17(16)15-19-12-13-22(30-19)24(27)26-23-20(28-5)8-7-9-21(23)29-6/h7-14H,15H2,1-6H3,(H,26,27). The van der Waals surface area contributed by atoms with Gasteiger partial charge in [0.05, 0.1) is 14.2 Å². The van der Waals surface area contributed by atoms with Crippen molar-refractivity contribution in [1.82, 2.24) is 0 Å². The third-order valence-electron chi connectivity index (χ3n) is 5.13. The second kappa shape index (κ2) is 8.66. The Morgan fingerprint density at radius 3 is 2.27 bits per heavy atom. The molecule has 0 atom stereocenters. The van der Waals surface area contributed by atoms with Crippen molar-refractivity contribution in [2.24, 2.45) is 0 Å². The second-order valence-corrected chi connectivity index (χ2v) is 8.33. The van der Waals surface area contributed by atoms with Crippen LogP contribution >= 0.6 is 0 Å². The Kier molecular flexibility index (Phi) is 6.20. The second-order valence-electron chi connectivity index (χ2n) is 8.33. The first-order valence-electron chi connectivity index (χ1n) is 9.94. The van der Waals surface area contributed by atoms with Crippen LogP contribution in [0.25, 0.3) is 0 Å². The van der Waals surface area contributed by atoms with Gasteiger partial charge in [-0.25, -0.2) is 0 Å². The normalized spacial score (nSPS) is 11.3. The van der Waals surface area contributed by atoms with Gasteiger partial charge in [0, 0.05) is 6.42 Å². The number of hydrogen-bond donors (Lipinski definition) is 1. The summed E-state index contributed by atoms with van der Waals surface area (Å²) in [5.41, 5.74) is 4.21. The fraction of sp³-hybridized carbons (Fsp3) is 0.320. The van der Waals surface area contributed by atoms with E-state index in [9.17, 15) is 4.79 Å². The molecule has 0 saturated heterocycles. The average molecular weight is 408 g/mol. The minimum absolute atomic E-state index is 0.0739. The number of anilines is 1. The predicted octanol–water partition coefficient (Wildman–Crippen LogP) is 5.75. The summed E-state index contributed by atoms with van der Waals surface area (Å²) in [5, 5.41) is 2.83. The van der Waals surface area contributed by atoms with E-state index in [0.29, 0.717) is 23.6 Å². The van der Waals surface area contributed by atoms with Crippen molar-refractivity contribution in [1.29, 1.82) is 0 Å². The molecule has 1 N–H and O–H groups in total. The maximum Gasteiger partial charge on any atom is 0.291 e. The average Bonchev–Trinajstić information content (AvgIpc) is 3.17. The number of carbonyl (C=O) groups excluding carboxylic acids is 1. The molecule has 158 valence electrons. The van der Waals surface area contributed by atoms with Crippen LogP contribution in [0.4, 0.5) is 5.69 Å². The van der Waals surface area contributed by atoms with Gasteiger partial charge in [0.1, 0.15) is 22.9 Å². The van der Waals surface area contributed by atoms with Crippen LogP contribution in [-0.2, 0) is 11.8 Å². The fourth-order valence-corrected chi connectivity index (χ4v) is 3.26. The molecule has 0 fully saturated rings. The molecule has 3 aromatic rings. The lowest BCUT2D eigenvalue weighted by Crippen LogP contribution is -2.13. The van der Waals surface area contributed by atoms with Crippen LogP contribution in [0.2, 0.25) is 0 Å². The summed E-state index contributed by atoms with van der Waals surface area (Å²) in [6.07, 6.45) is 0.626. The molecule has 5 heteroatoms. The summed E-state index contributed by atoms with van der Waals surface area (Å²) in [7, 11) is 3.09. The van der Waals surface area contributed by atoms with Gasteiger partial charge in [-0.1, -0.05) is 45.0 Å². The number of para-hydroxylation sites is 1. The number of rotatable bonds is 6. The van der Waals surface area contributed by atoms with Crippen molar-refractivity contribution in [2.75, 3.05) is 19.5 Å². The van der Waals surface area contributed by atoms with E-state index in [2.05, 4.69) is 51.2 Å². The summed E-state index contributed by atoms with van der Waals surface area (Å²) < 4.78 is 16.5. The van der Waals surface area contributed by atoms with Crippen molar-refractivity contribution in [3.63, 3.8) is 0 Å². The van der Waals surface area contributed by atoms with Crippen LogP contribution in [0.15, 0.2) is 52.9 Å². The molecule has 0 aliphatic rings. The number of ether oxygens (including phenoxy) is 2. The highest BCUT2D eigenvalue weighted by Gasteiger charge is 2.18. The quantitative estimate of drug-likeness (QED) is 0.565. The Labute approximate surface area is 178 Å². The minimum atomic E-state index is -0.357. The van der Waals surface area contributed by atoms with Crippen molar-refractivity contribution < 1.29 is 18.7 Å². The Morgan fingerprint density at radius 2 is 1.67 bits per heavy atom. The van der Waals surface area contributed by atoms with Crippen LogP contribution in [0, 0.1) is 6.92 Å². The monoisotopic (exact) mass is 407 g/mol. The van der Waals surface area contributed by atoms with Crippen LogP contribution in [-0.4, -0.2) is 20.1 Å². The van der Waals surface area contributed by atoms with E-state index in [1.165, 1.54) is 16.7 Å². The zero-order valence-corrected chi connectivity index (χ0v) is 18.5. The maximum absolute atomic E-state index is 12.8. The summed E-state index contributed by atoms with van der Waals surface area (Å²) in [6, 6.07) is 15.4. The summed E-state index contributed by atoms with van der Waals surface area (Å²) in [5.74, 6) is 1.65. The van der Waals surface area contributed by atoms with E-state index in [1.54, 1.807) is 38.5 Å². The number of aryl methyl sites for hydroxylation is 1. The number of nitrogens with one attached hydrogen (secondary N) is 1. The number of amides is 1. The van der Waals surface area contributed by atoms with E-state index >= 15 is 0 Å². The van der Waals surface area contributed by atoms with E-state index in [0.717, 1.165) is 5.76 Å². The third-order valence-corrected chi connectivity index (χ3v) is 5.13. The van der Waals surface area contributed by atoms with Gasteiger partial charge in [-0.15, -0.1) is 0 Å². The molecule has 30 heavy (non-hydrogen) atoms. The third kappa shape index (κ3) is 4.67. The fourth-order valence-electron chi connectivity index (χ4n) is 3.26. The lowest BCUT2D eigenvalue weighted by Gasteiger charge is -2.20. The SMILES string of the molecule is COc1cccc(OC)c1NC(=O)c1ccc(Cc2cc(C(C)(C)C)ccc2C)o1. The summed E-state index contributed by atoms with van der Waals surface area (Å²) >= 11 is 0. The molecule has 0 aliphatic heterocycles. The highest BCUT2D eigenvalue weighted by atomic mass is 16.5. The number of carbonyl (C=O) groups is 1. The molecule has 1 aromatic heterocycles. The van der Waals surface area contributed by atoms with E-state index in [1.807, 2.05) is 6.07 Å². The lowest BCUT2D eigenvalue weighted by atomic mass is 9.85. The van der Waals surface area contributed by atoms with Crippen LogP contribution in [0.1, 0.15) is 53.8 Å². The molecule has 0 spiro atoms. The first-order valence-corrected chi connectivity index (χ1v) is 9.94. The van der Waals surface area contributed by atoms with Gasteiger partial charge in [0.25, 0.3) is 5.91 Å². The summed E-state index contributed by atoms with van der Waals surface area (Å²) in [4.78, 5) is 12.8. The molecule has 0 bridgehead atoms. The molecular weight excluding hydrogens is 378 g/mol. The Balaban J connectivity index is 1.80. The van der Waals surface area contributed by atoms with Crippen molar-refractivity contribution in [3.8, 4) is 11.5 Å². The van der Waals surface area contributed by atoms with E-state index < -0.39 is 0 Å². The van der Waals surface area contributed by atoms with Crippen LogP contribution < -0.4 is 14.8 Å². The van der Waals surface area contributed by atoms with Crippen LogP contribution in [0.5, 0.6) is 11.5 Å². The Morgan fingerprint density at radius 1 is 1.00 bits per heavy atom. The van der Waals surface area contributed by atoms with Crippen molar-refractivity contribution >= 4 is 11.6 Å². The Hall–Kier alpha value is -3.21. The molecule has 0 radical (unpaired) electrons. The van der Waals surface area contributed by atoms with Gasteiger partial charge < -0.3 is 19.2 Å². The highest BCUT2D eigenvalue weighted by Crippen LogP contribution is 2.34. The van der Waals surface area contributed by atoms with Gasteiger partial charge in [-0.3, -0.25) is 4.79 Å². The molecule has 3 rings (SSSR count). The van der Waals surface area contributed by atoms with Gasteiger partial charge in [0.2, 0.25) is 0 Å². The van der Waals surface area contributed by atoms with Gasteiger partial charge in [0.15, 0.2) is 5.76 Å². The number of benzene rings is 2. The highest BCUT2D eigenvalue weighted by molar-refractivity contribution is 6.04. The largest absolute Gasteiger partial charge is 0.494 e.